The van der Waals surface area contributed by atoms with Gasteiger partial charge in [0.05, 0.1) is 11.1 Å². The Kier molecular flexibility index (Phi) is 7.82. The first-order valence-electron chi connectivity index (χ1n) is 10.4. The highest BCUT2D eigenvalue weighted by molar-refractivity contribution is 6.20. The number of amides is 2. The van der Waals surface area contributed by atoms with E-state index in [4.69, 9.17) is 28.5 Å². The van der Waals surface area contributed by atoms with E-state index in [9.17, 15) is 28.8 Å². The summed E-state index contributed by atoms with van der Waals surface area (Å²) in [4.78, 5) is 77.9. The Morgan fingerprint density at radius 1 is 0.771 bits per heavy atom. The SMILES string of the molecule is CC(=O)OC[C@H]1O[C@H](ON2C(=O)c3ccccc3C2=O)[C@H](OC(C)=O)[C@@H](OC(C)=O)[C@@H]1OC(C)=O. The number of hydrogen-bond acceptors (Lipinski definition) is 12. The van der Waals surface area contributed by atoms with Gasteiger partial charge in [0.2, 0.25) is 6.29 Å². The Morgan fingerprint density at radius 2 is 1.26 bits per heavy atom. The van der Waals surface area contributed by atoms with E-state index >= 15 is 0 Å². The lowest BCUT2D eigenvalue weighted by Gasteiger charge is -2.44. The quantitative estimate of drug-likeness (QED) is 0.291. The highest BCUT2D eigenvalue weighted by Crippen LogP contribution is 2.32. The molecule has 188 valence electrons. The number of fused-ring (bicyclic) bond motifs is 1. The minimum atomic E-state index is -1.71. The fourth-order valence-corrected chi connectivity index (χ4v) is 3.64. The first kappa shape index (κ1) is 25.8. The Balaban J connectivity index is 1.98. The van der Waals surface area contributed by atoms with Crippen molar-refractivity contribution in [2.45, 2.75) is 58.4 Å². The minimum absolute atomic E-state index is 0.0723. The molecular weight excluding hydrogens is 470 g/mol. The average Bonchev–Trinajstić information content (AvgIpc) is 3.00. The summed E-state index contributed by atoms with van der Waals surface area (Å²) >= 11 is 0. The third-order valence-electron chi connectivity index (χ3n) is 4.91. The summed E-state index contributed by atoms with van der Waals surface area (Å²) in [6, 6.07) is 5.96. The molecule has 2 heterocycles. The van der Waals surface area contributed by atoms with Crippen LogP contribution in [0.25, 0.3) is 0 Å². The number of nitrogens with zero attached hydrogens (tertiary/aromatic N) is 1. The molecule has 0 N–H and O–H groups in total. The summed E-state index contributed by atoms with van der Waals surface area (Å²) in [6.07, 6.45) is -7.49. The molecule has 1 fully saturated rings. The van der Waals surface area contributed by atoms with Gasteiger partial charge in [-0.3, -0.25) is 28.8 Å². The molecule has 0 spiro atoms. The predicted molar refractivity (Wildman–Crippen MR) is 110 cm³/mol. The number of rotatable bonds is 7. The van der Waals surface area contributed by atoms with E-state index in [-0.39, 0.29) is 11.1 Å². The molecule has 35 heavy (non-hydrogen) atoms. The number of imide groups is 1. The standard InChI is InChI=1S/C22H23NO12/c1-10(24)30-9-16-17(31-11(2)25)18(32-12(3)26)19(33-13(4)27)22(34-16)35-23-20(28)14-7-5-6-8-15(14)21(23)29/h5-8,16-19,22H,9H2,1-4H3/t16-,17-,18+,19-,22-/m1/s1. The lowest BCUT2D eigenvalue weighted by molar-refractivity contribution is -0.341. The van der Waals surface area contributed by atoms with Crippen LogP contribution in [0.15, 0.2) is 24.3 Å². The van der Waals surface area contributed by atoms with Crippen molar-refractivity contribution < 1.29 is 57.3 Å². The average molecular weight is 493 g/mol. The zero-order valence-electron chi connectivity index (χ0n) is 19.2. The summed E-state index contributed by atoms with van der Waals surface area (Å²) in [5.41, 5.74) is 0.145. The molecule has 0 bridgehead atoms. The Morgan fingerprint density at radius 3 is 1.74 bits per heavy atom. The lowest BCUT2D eigenvalue weighted by Crippen LogP contribution is -2.63. The smallest absolute Gasteiger partial charge is 0.303 e. The van der Waals surface area contributed by atoms with Gasteiger partial charge in [0.1, 0.15) is 12.7 Å². The second-order valence-electron chi connectivity index (χ2n) is 7.62. The summed E-state index contributed by atoms with van der Waals surface area (Å²) in [5.74, 6) is -4.80. The number of ether oxygens (including phenoxy) is 5. The zero-order valence-corrected chi connectivity index (χ0v) is 19.2. The van der Waals surface area contributed by atoms with Crippen LogP contribution in [0.1, 0.15) is 48.4 Å². The molecular formula is C22H23NO12. The van der Waals surface area contributed by atoms with Crippen LogP contribution in [0.2, 0.25) is 0 Å². The maximum absolute atomic E-state index is 12.8. The number of hydrogen-bond donors (Lipinski definition) is 0. The Bertz CT molecular complexity index is 1020. The maximum Gasteiger partial charge on any atom is 0.303 e. The highest BCUT2D eigenvalue weighted by Gasteiger charge is 2.54. The normalized spacial score (nSPS) is 25.5. The fourth-order valence-electron chi connectivity index (χ4n) is 3.64. The number of hydroxylamine groups is 2. The number of esters is 4. The van der Waals surface area contributed by atoms with E-state index in [1.54, 1.807) is 12.1 Å². The van der Waals surface area contributed by atoms with Crippen LogP contribution in [0.4, 0.5) is 0 Å². The van der Waals surface area contributed by atoms with Crippen LogP contribution in [0, 0.1) is 0 Å². The molecule has 2 aliphatic rings. The molecule has 0 saturated carbocycles. The van der Waals surface area contributed by atoms with Gasteiger partial charge in [-0.2, -0.15) is 0 Å². The predicted octanol–water partition coefficient (Wildman–Crippen LogP) is 0.297. The van der Waals surface area contributed by atoms with Crippen LogP contribution in [0.3, 0.4) is 0 Å². The molecule has 2 amide bonds. The molecule has 1 aromatic carbocycles. The largest absolute Gasteiger partial charge is 0.463 e. The fraction of sp³-hybridized carbons (Fsp3) is 0.455. The molecule has 2 aliphatic heterocycles. The van der Waals surface area contributed by atoms with Crippen molar-refractivity contribution in [2.75, 3.05) is 6.61 Å². The van der Waals surface area contributed by atoms with E-state index < -0.39 is 73.0 Å². The number of benzene rings is 1. The highest BCUT2D eigenvalue weighted by atomic mass is 16.8. The molecule has 5 atom stereocenters. The van der Waals surface area contributed by atoms with E-state index in [1.165, 1.54) is 12.1 Å². The van der Waals surface area contributed by atoms with Crippen LogP contribution in [-0.2, 0) is 47.7 Å². The van der Waals surface area contributed by atoms with Gasteiger partial charge < -0.3 is 23.7 Å². The van der Waals surface area contributed by atoms with Crippen molar-refractivity contribution in [1.29, 1.82) is 0 Å². The third kappa shape index (κ3) is 5.81. The van der Waals surface area contributed by atoms with Gasteiger partial charge >= 0.3 is 23.9 Å². The van der Waals surface area contributed by atoms with Crippen molar-refractivity contribution in [2.24, 2.45) is 0 Å². The zero-order chi connectivity index (χ0) is 25.9. The summed E-state index contributed by atoms with van der Waals surface area (Å²) in [5, 5.41) is 0.422. The van der Waals surface area contributed by atoms with Gasteiger partial charge in [0, 0.05) is 27.7 Å². The number of carbonyl (C=O) groups excluding carboxylic acids is 6. The summed E-state index contributed by atoms with van der Waals surface area (Å²) in [7, 11) is 0. The monoisotopic (exact) mass is 493 g/mol. The van der Waals surface area contributed by atoms with Crippen LogP contribution < -0.4 is 0 Å². The first-order chi connectivity index (χ1) is 16.5. The van der Waals surface area contributed by atoms with Gasteiger partial charge in [-0.15, -0.1) is 5.06 Å². The van der Waals surface area contributed by atoms with Crippen molar-refractivity contribution >= 4 is 35.7 Å². The summed E-state index contributed by atoms with van der Waals surface area (Å²) < 4.78 is 26.5. The van der Waals surface area contributed by atoms with Crippen molar-refractivity contribution in [3.8, 4) is 0 Å². The summed E-state index contributed by atoms with van der Waals surface area (Å²) in [6.45, 7) is 3.83. The molecule has 0 unspecified atom stereocenters. The van der Waals surface area contributed by atoms with E-state index in [2.05, 4.69) is 0 Å². The van der Waals surface area contributed by atoms with Crippen LogP contribution in [0.5, 0.6) is 0 Å². The van der Waals surface area contributed by atoms with Gasteiger partial charge in [-0.05, 0) is 12.1 Å². The molecule has 13 nitrogen and oxygen atoms in total. The molecule has 1 aromatic rings. The second-order valence-corrected chi connectivity index (χ2v) is 7.62. The molecule has 1 saturated heterocycles. The van der Waals surface area contributed by atoms with E-state index in [0.717, 1.165) is 27.7 Å². The lowest BCUT2D eigenvalue weighted by atomic mass is 9.98. The molecule has 3 rings (SSSR count). The van der Waals surface area contributed by atoms with Gasteiger partial charge in [0.15, 0.2) is 18.3 Å². The first-order valence-corrected chi connectivity index (χ1v) is 10.4. The molecule has 0 aromatic heterocycles. The van der Waals surface area contributed by atoms with E-state index in [1.807, 2.05) is 0 Å². The van der Waals surface area contributed by atoms with Crippen molar-refractivity contribution in [3.63, 3.8) is 0 Å². The maximum atomic E-state index is 12.8. The second kappa shape index (κ2) is 10.6. The third-order valence-corrected chi connectivity index (χ3v) is 4.91. The van der Waals surface area contributed by atoms with Gasteiger partial charge in [-0.1, -0.05) is 12.1 Å². The number of carbonyl (C=O) groups is 6. The molecule has 13 heteroatoms. The van der Waals surface area contributed by atoms with Crippen LogP contribution in [-0.4, -0.2) is 78.1 Å². The van der Waals surface area contributed by atoms with Crippen molar-refractivity contribution in [3.05, 3.63) is 35.4 Å². The van der Waals surface area contributed by atoms with E-state index in [0.29, 0.717) is 5.06 Å². The van der Waals surface area contributed by atoms with Crippen molar-refractivity contribution in [1.82, 2.24) is 5.06 Å². The molecule has 0 aliphatic carbocycles. The van der Waals surface area contributed by atoms with Crippen LogP contribution >= 0.6 is 0 Å². The minimum Gasteiger partial charge on any atom is -0.463 e. The Hall–Kier alpha value is -3.84. The van der Waals surface area contributed by atoms with Gasteiger partial charge in [-0.25, -0.2) is 4.84 Å². The Labute approximate surface area is 199 Å². The topological polar surface area (TPSA) is 161 Å². The molecule has 0 radical (unpaired) electrons. The van der Waals surface area contributed by atoms with Gasteiger partial charge in [0.25, 0.3) is 11.8 Å².